The number of hydrogen-bond donors (Lipinski definition) is 3. The van der Waals surface area contributed by atoms with Crippen LogP contribution in [0.4, 0.5) is 0 Å². The summed E-state index contributed by atoms with van der Waals surface area (Å²) in [5.41, 5.74) is 1.26. The molecule has 0 spiro atoms. The van der Waals surface area contributed by atoms with Gasteiger partial charge in [-0.25, -0.2) is 0 Å². The number of ketones is 1. The van der Waals surface area contributed by atoms with Crippen molar-refractivity contribution < 1.29 is 19.1 Å². The highest BCUT2D eigenvalue weighted by atomic mass is 16.5. The van der Waals surface area contributed by atoms with Crippen LogP contribution in [0.1, 0.15) is 61.9 Å². The summed E-state index contributed by atoms with van der Waals surface area (Å²) in [4.78, 5) is 41.7. The third-order valence-electron chi connectivity index (χ3n) is 7.26. The van der Waals surface area contributed by atoms with Crippen molar-refractivity contribution in [1.29, 1.82) is 5.26 Å². The molecule has 4 rings (SSSR count). The monoisotopic (exact) mass is 464 g/mol. The van der Waals surface area contributed by atoms with Crippen molar-refractivity contribution in [3.63, 3.8) is 0 Å². The molecule has 2 heterocycles. The molecule has 1 aliphatic carbocycles. The molecular formula is C26H32N4O4. The van der Waals surface area contributed by atoms with E-state index in [1.54, 1.807) is 13.2 Å². The summed E-state index contributed by atoms with van der Waals surface area (Å²) in [6.45, 7) is 0.601. The van der Waals surface area contributed by atoms with Gasteiger partial charge < -0.3 is 20.4 Å². The van der Waals surface area contributed by atoms with Crippen LogP contribution in [0.3, 0.4) is 0 Å². The number of ether oxygens (including phenoxy) is 1. The molecule has 2 aromatic rings. The minimum Gasteiger partial charge on any atom is -0.496 e. The molecule has 1 saturated carbocycles. The van der Waals surface area contributed by atoms with Crippen LogP contribution in [0.15, 0.2) is 24.3 Å². The molecule has 0 bridgehead atoms. The lowest BCUT2D eigenvalue weighted by molar-refractivity contribution is -0.128. The number of rotatable bonds is 9. The van der Waals surface area contributed by atoms with E-state index >= 15 is 0 Å². The Kier molecular flexibility index (Phi) is 7.51. The number of H-pyrrole nitrogens is 1. The van der Waals surface area contributed by atoms with Crippen LogP contribution < -0.4 is 15.4 Å². The summed E-state index contributed by atoms with van der Waals surface area (Å²) >= 11 is 0. The fraction of sp³-hybridized carbons (Fsp3) is 0.538. The Morgan fingerprint density at radius 2 is 2.03 bits per heavy atom. The number of nitriles is 1. The van der Waals surface area contributed by atoms with Crippen molar-refractivity contribution in [3.8, 4) is 11.8 Å². The Morgan fingerprint density at radius 1 is 1.24 bits per heavy atom. The van der Waals surface area contributed by atoms with Crippen molar-refractivity contribution in [3.05, 3.63) is 30.0 Å². The van der Waals surface area contributed by atoms with E-state index in [4.69, 9.17) is 4.74 Å². The van der Waals surface area contributed by atoms with Gasteiger partial charge in [0.15, 0.2) is 5.78 Å². The summed E-state index contributed by atoms with van der Waals surface area (Å²) in [6, 6.07) is 8.75. The van der Waals surface area contributed by atoms with Crippen LogP contribution in [0, 0.1) is 29.1 Å². The van der Waals surface area contributed by atoms with E-state index in [0.29, 0.717) is 30.8 Å². The molecule has 2 fully saturated rings. The van der Waals surface area contributed by atoms with E-state index in [1.807, 2.05) is 18.2 Å². The predicted octanol–water partition coefficient (Wildman–Crippen LogP) is 3.48. The number of aromatic amines is 1. The fourth-order valence-electron chi connectivity index (χ4n) is 5.35. The summed E-state index contributed by atoms with van der Waals surface area (Å²) in [7, 11) is 1.59. The second-order valence-electron chi connectivity index (χ2n) is 9.44. The number of amides is 2. The molecular weight excluding hydrogens is 432 g/mol. The first-order chi connectivity index (χ1) is 16.5. The van der Waals surface area contributed by atoms with Crippen LogP contribution in [-0.4, -0.2) is 42.3 Å². The van der Waals surface area contributed by atoms with Gasteiger partial charge >= 0.3 is 0 Å². The van der Waals surface area contributed by atoms with E-state index in [1.165, 1.54) is 0 Å². The molecule has 1 saturated heterocycles. The molecule has 2 aliphatic rings. The molecule has 34 heavy (non-hydrogen) atoms. The molecule has 0 unspecified atom stereocenters. The number of nitrogens with zero attached hydrogens (tertiary/aromatic N) is 1. The number of carbonyl (C=O) groups excluding carboxylic acids is 3. The fourth-order valence-corrected chi connectivity index (χ4v) is 5.35. The Hall–Kier alpha value is -3.34. The lowest BCUT2D eigenvalue weighted by Crippen LogP contribution is -2.43. The Labute approximate surface area is 199 Å². The zero-order valence-corrected chi connectivity index (χ0v) is 19.6. The Morgan fingerprint density at radius 3 is 2.71 bits per heavy atom. The first-order valence-electron chi connectivity index (χ1n) is 12.2. The average molecular weight is 465 g/mol. The highest BCUT2D eigenvalue weighted by Gasteiger charge is 2.34. The second kappa shape index (κ2) is 10.7. The van der Waals surface area contributed by atoms with Gasteiger partial charge in [-0.05, 0) is 49.8 Å². The standard InChI is InChI=1S/C26H32N4O4/c1-34-24-9-5-8-21-20(24)13-22(30-21)23(31)14-19(16-6-3-2-4-7-16)26(33)29-18(15-27)12-17-10-11-28-25(17)32/h5,8-9,13,16-19,30H,2-4,6-7,10-12,14H2,1H3,(H,28,32)(H,29,33)/t17-,18-,19-/m0/s1. The van der Waals surface area contributed by atoms with Gasteiger partial charge in [0.25, 0.3) is 0 Å². The molecule has 2 amide bonds. The van der Waals surface area contributed by atoms with Crippen molar-refractivity contribution in [2.45, 2.75) is 57.4 Å². The van der Waals surface area contributed by atoms with Gasteiger partial charge in [-0.3, -0.25) is 14.4 Å². The van der Waals surface area contributed by atoms with E-state index in [9.17, 15) is 19.6 Å². The maximum absolute atomic E-state index is 13.4. The number of benzene rings is 1. The molecule has 8 nitrogen and oxygen atoms in total. The SMILES string of the molecule is COc1cccc2[nH]c(C(=O)C[C@H](C(=O)N[C@H](C#N)C[C@@H]3CCNC3=O)C3CCCCC3)cc12. The largest absolute Gasteiger partial charge is 0.496 e. The molecule has 180 valence electrons. The molecule has 3 N–H and O–H groups in total. The van der Waals surface area contributed by atoms with Crippen LogP contribution in [-0.2, 0) is 9.59 Å². The summed E-state index contributed by atoms with van der Waals surface area (Å²) < 4.78 is 5.40. The highest BCUT2D eigenvalue weighted by molar-refractivity contribution is 6.02. The smallest absolute Gasteiger partial charge is 0.224 e. The van der Waals surface area contributed by atoms with E-state index < -0.39 is 12.0 Å². The van der Waals surface area contributed by atoms with Crippen molar-refractivity contribution in [1.82, 2.24) is 15.6 Å². The summed E-state index contributed by atoms with van der Waals surface area (Å²) in [5.74, 6) is -0.447. The minimum atomic E-state index is -0.750. The molecule has 1 aromatic heterocycles. The third kappa shape index (κ3) is 5.24. The summed E-state index contributed by atoms with van der Waals surface area (Å²) in [5, 5.41) is 16.1. The molecule has 8 heteroatoms. The topological polar surface area (TPSA) is 124 Å². The van der Waals surface area contributed by atoms with Crippen LogP contribution in [0.25, 0.3) is 10.9 Å². The van der Waals surface area contributed by atoms with Crippen molar-refractivity contribution in [2.24, 2.45) is 17.8 Å². The number of Topliss-reactive ketones (excluding diaryl/α,β-unsaturated/α-hetero) is 1. The normalized spacial score (nSPS) is 20.4. The maximum Gasteiger partial charge on any atom is 0.224 e. The van der Waals surface area contributed by atoms with Crippen molar-refractivity contribution in [2.75, 3.05) is 13.7 Å². The first kappa shape index (κ1) is 23.8. The number of carbonyl (C=O) groups is 3. The van der Waals surface area contributed by atoms with E-state index in [2.05, 4.69) is 21.7 Å². The van der Waals surface area contributed by atoms with Gasteiger partial charge in [0.2, 0.25) is 11.8 Å². The van der Waals surface area contributed by atoms with Gasteiger partial charge in [-0.2, -0.15) is 5.26 Å². The van der Waals surface area contributed by atoms with Gasteiger partial charge in [-0.15, -0.1) is 0 Å². The van der Waals surface area contributed by atoms with Crippen LogP contribution in [0.2, 0.25) is 0 Å². The zero-order valence-electron chi connectivity index (χ0n) is 19.6. The number of aromatic nitrogens is 1. The Bertz CT molecular complexity index is 1100. The lowest BCUT2D eigenvalue weighted by Gasteiger charge is -2.30. The lowest BCUT2D eigenvalue weighted by atomic mass is 9.77. The second-order valence-corrected chi connectivity index (χ2v) is 9.44. The third-order valence-corrected chi connectivity index (χ3v) is 7.26. The van der Waals surface area contributed by atoms with Gasteiger partial charge in [0.05, 0.1) is 18.9 Å². The minimum absolute atomic E-state index is 0.0669. The predicted molar refractivity (Wildman–Crippen MR) is 127 cm³/mol. The molecule has 3 atom stereocenters. The van der Waals surface area contributed by atoms with Crippen LogP contribution >= 0.6 is 0 Å². The number of methoxy groups -OCH3 is 1. The van der Waals surface area contributed by atoms with Gasteiger partial charge in [0.1, 0.15) is 11.8 Å². The number of hydrogen-bond acceptors (Lipinski definition) is 5. The maximum atomic E-state index is 13.4. The number of nitrogens with one attached hydrogen (secondary N) is 3. The molecule has 1 aromatic carbocycles. The zero-order chi connectivity index (χ0) is 24.1. The van der Waals surface area contributed by atoms with Crippen molar-refractivity contribution >= 4 is 28.5 Å². The van der Waals surface area contributed by atoms with Gasteiger partial charge in [0, 0.05) is 35.7 Å². The quantitative estimate of drug-likeness (QED) is 0.490. The molecule has 0 radical (unpaired) electrons. The number of fused-ring (bicyclic) bond motifs is 1. The first-order valence-corrected chi connectivity index (χ1v) is 12.2. The Balaban J connectivity index is 1.50. The van der Waals surface area contributed by atoms with Crippen LogP contribution in [0.5, 0.6) is 5.75 Å². The summed E-state index contributed by atoms with van der Waals surface area (Å²) in [6.07, 6.45) is 6.04. The van der Waals surface area contributed by atoms with E-state index in [-0.39, 0.29) is 35.9 Å². The average Bonchev–Trinajstić information content (AvgIpc) is 3.48. The highest BCUT2D eigenvalue weighted by Crippen LogP contribution is 2.34. The van der Waals surface area contributed by atoms with Gasteiger partial charge in [-0.1, -0.05) is 25.3 Å². The molecule has 1 aliphatic heterocycles. The van der Waals surface area contributed by atoms with E-state index in [0.717, 1.165) is 43.0 Å².